The van der Waals surface area contributed by atoms with Crippen molar-refractivity contribution in [3.05, 3.63) is 44.8 Å². The van der Waals surface area contributed by atoms with E-state index < -0.39 is 0 Å². The van der Waals surface area contributed by atoms with Crippen molar-refractivity contribution in [2.45, 2.75) is 33.7 Å². The lowest BCUT2D eigenvalue weighted by atomic mass is 10.2. The highest BCUT2D eigenvalue weighted by molar-refractivity contribution is 6.31. The van der Waals surface area contributed by atoms with E-state index in [1.54, 1.807) is 10.7 Å². The van der Waals surface area contributed by atoms with Crippen molar-refractivity contribution in [3.63, 3.8) is 0 Å². The van der Waals surface area contributed by atoms with Gasteiger partial charge in [-0.1, -0.05) is 24.6 Å². The summed E-state index contributed by atoms with van der Waals surface area (Å²) < 4.78 is 3.50. The number of anilines is 1. The molecule has 0 bridgehead atoms. The minimum atomic E-state index is -0.182. The summed E-state index contributed by atoms with van der Waals surface area (Å²) in [6, 6.07) is 5.58. The first kappa shape index (κ1) is 13.7. The van der Waals surface area contributed by atoms with Crippen molar-refractivity contribution in [1.82, 2.24) is 9.36 Å². The maximum absolute atomic E-state index is 12.3. The Hall–Kier alpha value is -1.68. The Bertz CT molecular complexity index is 670. The first-order chi connectivity index (χ1) is 9.01. The molecular formula is C14H18ClN3O. The summed E-state index contributed by atoms with van der Waals surface area (Å²) in [7, 11) is 0. The Morgan fingerprint density at radius 1 is 1.32 bits per heavy atom. The number of nitrogen functional groups attached to an aromatic ring is 1. The minimum Gasteiger partial charge on any atom is -0.393 e. The van der Waals surface area contributed by atoms with Gasteiger partial charge in [-0.3, -0.25) is 9.48 Å². The van der Waals surface area contributed by atoms with E-state index in [0.29, 0.717) is 17.3 Å². The van der Waals surface area contributed by atoms with Crippen LogP contribution < -0.4 is 11.3 Å². The first-order valence-electron chi connectivity index (χ1n) is 6.37. The van der Waals surface area contributed by atoms with E-state index in [2.05, 4.69) is 0 Å². The molecule has 0 saturated carbocycles. The predicted molar refractivity (Wildman–Crippen MR) is 79.2 cm³/mol. The molecule has 1 aromatic carbocycles. The smallest absolute Gasteiger partial charge is 0.294 e. The average molecular weight is 280 g/mol. The summed E-state index contributed by atoms with van der Waals surface area (Å²) in [5.74, 6) is 0. The maximum Gasteiger partial charge on any atom is 0.294 e. The van der Waals surface area contributed by atoms with E-state index in [-0.39, 0.29) is 5.56 Å². The molecule has 0 amide bonds. The van der Waals surface area contributed by atoms with Crippen LogP contribution in [0.25, 0.3) is 5.69 Å². The lowest BCUT2D eigenvalue weighted by Crippen LogP contribution is -2.22. The average Bonchev–Trinajstić information content (AvgIpc) is 2.64. The number of hydrogen-bond acceptors (Lipinski definition) is 2. The zero-order chi connectivity index (χ0) is 14.2. The van der Waals surface area contributed by atoms with Crippen molar-refractivity contribution in [1.29, 1.82) is 0 Å². The highest BCUT2D eigenvalue weighted by atomic mass is 35.5. The molecule has 0 saturated heterocycles. The fourth-order valence-electron chi connectivity index (χ4n) is 2.28. The standard InChI is InChI=1S/C14H18ClN3O/c1-4-12-13(16)14(19)18(17(12)5-2)10-7-6-9(3)11(15)8-10/h6-8H,4-5,16H2,1-3H3. The Morgan fingerprint density at radius 3 is 2.53 bits per heavy atom. The third kappa shape index (κ3) is 2.16. The van der Waals surface area contributed by atoms with Crippen molar-refractivity contribution in [2.75, 3.05) is 5.73 Å². The molecule has 4 nitrogen and oxygen atoms in total. The van der Waals surface area contributed by atoms with Gasteiger partial charge in [0.2, 0.25) is 0 Å². The largest absolute Gasteiger partial charge is 0.393 e. The van der Waals surface area contributed by atoms with E-state index in [4.69, 9.17) is 17.3 Å². The Labute approximate surface area is 117 Å². The van der Waals surface area contributed by atoms with Gasteiger partial charge < -0.3 is 5.73 Å². The third-order valence-electron chi connectivity index (χ3n) is 3.32. The van der Waals surface area contributed by atoms with Crippen LogP contribution in [0.1, 0.15) is 25.1 Å². The number of hydrogen-bond donors (Lipinski definition) is 1. The molecule has 0 radical (unpaired) electrons. The van der Waals surface area contributed by atoms with E-state index in [9.17, 15) is 4.79 Å². The molecule has 0 unspecified atom stereocenters. The van der Waals surface area contributed by atoms with Gasteiger partial charge in [-0.15, -0.1) is 0 Å². The number of halogens is 1. The number of benzene rings is 1. The highest BCUT2D eigenvalue weighted by Gasteiger charge is 2.16. The van der Waals surface area contributed by atoms with E-state index >= 15 is 0 Å². The van der Waals surface area contributed by atoms with Crippen LogP contribution >= 0.6 is 11.6 Å². The summed E-state index contributed by atoms with van der Waals surface area (Å²) >= 11 is 6.14. The van der Waals surface area contributed by atoms with Crippen LogP contribution in [0.15, 0.2) is 23.0 Å². The van der Waals surface area contributed by atoms with Gasteiger partial charge in [0.15, 0.2) is 0 Å². The summed E-state index contributed by atoms with van der Waals surface area (Å²) in [6.45, 7) is 6.59. The highest BCUT2D eigenvalue weighted by Crippen LogP contribution is 2.20. The second-order valence-corrected chi connectivity index (χ2v) is 4.89. The fraction of sp³-hybridized carbons (Fsp3) is 0.357. The van der Waals surface area contributed by atoms with Crippen LogP contribution in [0.4, 0.5) is 5.69 Å². The molecule has 0 aliphatic heterocycles. The number of nitrogens with zero attached hydrogens (tertiary/aromatic N) is 2. The van der Waals surface area contributed by atoms with Crippen molar-refractivity contribution in [2.24, 2.45) is 0 Å². The molecule has 1 aromatic heterocycles. The van der Waals surface area contributed by atoms with Crippen LogP contribution in [-0.4, -0.2) is 9.36 Å². The van der Waals surface area contributed by atoms with Crippen LogP contribution in [0.5, 0.6) is 0 Å². The Kier molecular flexibility index (Phi) is 3.71. The van der Waals surface area contributed by atoms with E-state index in [1.165, 1.54) is 0 Å². The first-order valence-corrected chi connectivity index (χ1v) is 6.75. The predicted octanol–water partition coefficient (Wildman–Crippen LogP) is 2.77. The molecule has 0 spiro atoms. The molecule has 2 N–H and O–H groups in total. The van der Waals surface area contributed by atoms with Gasteiger partial charge >= 0.3 is 0 Å². The molecule has 1 heterocycles. The van der Waals surface area contributed by atoms with Crippen LogP contribution in [0.3, 0.4) is 0 Å². The number of rotatable bonds is 3. The van der Waals surface area contributed by atoms with Gasteiger partial charge in [0.25, 0.3) is 5.56 Å². The minimum absolute atomic E-state index is 0.182. The van der Waals surface area contributed by atoms with Gasteiger partial charge in [-0.25, -0.2) is 4.68 Å². The molecule has 0 atom stereocenters. The molecule has 0 aliphatic carbocycles. The van der Waals surface area contributed by atoms with Gasteiger partial charge in [0.05, 0.1) is 11.4 Å². The van der Waals surface area contributed by atoms with Gasteiger partial charge in [0.1, 0.15) is 5.69 Å². The van der Waals surface area contributed by atoms with Gasteiger partial charge in [-0.05, 0) is 38.0 Å². The number of nitrogens with two attached hydrogens (primary N) is 1. The monoisotopic (exact) mass is 279 g/mol. The van der Waals surface area contributed by atoms with E-state index in [1.807, 2.05) is 37.6 Å². The number of aromatic nitrogens is 2. The summed E-state index contributed by atoms with van der Waals surface area (Å²) in [5, 5.41) is 0.643. The SMILES string of the molecule is CCc1c(N)c(=O)n(-c2ccc(C)c(Cl)c2)n1CC. The second-order valence-electron chi connectivity index (χ2n) is 4.48. The van der Waals surface area contributed by atoms with E-state index in [0.717, 1.165) is 23.4 Å². The Morgan fingerprint density at radius 2 is 2.00 bits per heavy atom. The molecule has 2 aromatic rings. The van der Waals surface area contributed by atoms with Gasteiger partial charge in [-0.2, -0.15) is 0 Å². The molecule has 0 aliphatic rings. The zero-order valence-electron chi connectivity index (χ0n) is 11.4. The third-order valence-corrected chi connectivity index (χ3v) is 3.73. The molecule has 5 heteroatoms. The molecule has 2 rings (SSSR count). The molecule has 0 fully saturated rings. The second kappa shape index (κ2) is 5.13. The topological polar surface area (TPSA) is 53.0 Å². The quantitative estimate of drug-likeness (QED) is 0.939. The van der Waals surface area contributed by atoms with Crippen molar-refractivity contribution in [3.8, 4) is 5.69 Å². The fourth-order valence-corrected chi connectivity index (χ4v) is 2.46. The summed E-state index contributed by atoms with van der Waals surface area (Å²) in [6.07, 6.45) is 0.724. The van der Waals surface area contributed by atoms with Crippen LogP contribution in [0, 0.1) is 6.92 Å². The van der Waals surface area contributed by atoms with Crippen LogP contribution in [0.2, 0.25) is 5.02 Å². The Balaban J connectivity index is 2.74. The lowest BCUT2D eigenvalue weighted by molar-refractivity contribution is 0.551. The van der Waals surface area contributed by atoms with Crippen LogP contribution in [-0.2, 0) is 13.0 Å². The molecule has 19 heavy (non-hydrogen) atoms. The summed E-state index contributed by atoms with van der Waals surface area (Å²) in [5.41, 5.74) is 8.64. The molecule has 102 valence electrons. The van der Waals surface area contributed by atoms with Crippen molar-refractivity contribution >= 4 is 17.3 Å². The zero-order valence-corrected chi connectivity index (χ0v) is 12.2. The normalized spacial score (nSPS) is 10.9. The van der Waals surface area contributed by atoms with Crippen molar-refractivity contribution < 1.29 is 0 Å². The number of aryl methyl sites for hydroxylation is 1. The maximum atomic E-state index is 12.3. The molecular weight excluding hydrogens is 262 g/mol. The summed E-state index contributed by atoms with van der Waals surface area (Å²) in [4.78, 5) is 12.3. The lowest BCUT2D eigenvalue weighted by Gasteiger charge is -2.13. The van der Waals surface area contributed by atoms with Gasteiger partial charge in [0, 0.05) is 11.6 Å².